The Hall–Kier alpha value is -2.73. The number of aryl methyl sites for hydroxylation is 1. The van der Waals surface area contributed by atoms with Crippen LogP contribution < -0.4 is 5.32 Å². The Balaban J connectivity index is 1.55. The zero-order valence-corrected chi connectivity index (χ0v) is 15.9. The number of aliphatic carboxylic acids is 1. The van der Waals surface area contributed by atoms with Gasteiger partial charge in [0.1, 0.15) is 6.04 Å². The Bertz CT molecular complexity index is 934. The van der Waals surface area contributed by atoms with E-state index in [1.165, 1.54) is 5.56 Å². The Morgan fingerprint density at radius 3 is 2.63 bits per heavy atom. The van der Waals surface area contributed by atoms with Gasteiger partial charge in [0.2, 0.25) is 5.91 Å². The second-order valence-corrected chi connectivity index (χ2v) is 7.60. The van der Waals surface area contributed by atoms with Crippen molar-refractivity contribution in [1.82, 2.24) is 10.3 Å². The van der Waals surface area contributed by atoms with Gasteiger partial charge in [0.05, 0.1) is 0 Å². The summed E-state index contributed by atoms with van der Waals surface area (Å²) in [6.07, 6.45) is 2.33. The zero-order valence-electron chi connectivity index (χ0n) is 15.1. The number of carbonyl (C=O) groups is 2. The van der Waals surface area contributed by atoms with Crippen molar-refractivity contribution in [2.75, 3.05) is 5.75 Å². The molecule has 0 saturated carbocycles. The molecule has 0 bridgehead atoms. The quantitative estimate of drug-likeness (QED) is 0.518. The Morgan fingerprint density at radius 1 is 1.15 bits per heavy atom. The standard InChI is InChI=1S/C21H22N2O3S/c1-14-6-8-16(9-7-14)27-11-10-20(24)23-19(21(25)26)12-15-13-22-18-5-3-2-4-17(15)18/h2-9,13,19,22H,10-12H2,1H3,(H,23,24)(H,25,26). The minimum atomic E-state index is -1.03. The number of aromatic nitrogens is 1. The fourth-order valence-electron chi connectivity index (χ4n) is 2.88. The second kappa shape index (κ2) is 8.77. The molecule has 0 aliphatic heterocycles. The number of fused-ring (bicyclic) bond motifs is 1. The minimum Gasteiger partial charge on any atom is -0.480 e. The molecule has 0 saturated heterocycles. The van der Waals surface area contributed by atoms with Crippen LogP contribution in [0.15, 0.2) is 59.6 Å². The normalized spacial score (nSPS) is 12.0. The topological polar surface area (TPSA) is 82.2 Å². The number of rotatable bonds is 8. The highest BCUT2D eigenvalue weighted by Gasteiger charge is 2.21. The van der Waals surface area contributed by atoms with Gasteiger partial charge in [-0.3, -0.25) is 4.79 Å². The Kier molecular flexibility index (Phi) is 6.19. The van der Waals surface area contributed by atoms with Gasteiger partial charge < -0.3 is 15.4 Å². The molecule has 140 valence electrons. The van der Waals surface area contributed by atoms with Gasteiger partial charge in [-0.2, -0.15) is 0 Å². The molecule has 6 heteroatoms. The number of H-pyrrole nitrogens is 1. The monoisotopic (exact) mass is 382 g/mol. The third-order valence-corrected chi connectivity index (χ3v) is 5.36. The average Bonchev–Trinajstić information content (AvgIpc) is 3.06. The Labute approximate surface area is 162 Å². The molecule has 3 rings (SSSR count). The van der Waals surface area contributed by atoms with Gasteiger partial charge in [-0.05, 0) is 30.7 Å². The molecular formula is C21H22N2O3S. The Morgan fingerprint density at radius 2 is 1.89 bits per heavy atom. The van der Waals surface area contributed by atoms with E-state index in [1.54, 1.807) is 18.0 Å². The van der Waals surface area contributed by atoms with E-state index in [9.17, 15) is 14.7 Å². The van der Waals surface area contributed by atoms with Crippen molar-refractivity contribution in [2.45, 2.75) is 30.7 Å². The first kappa shape index (κ1) is 19.0. The molecule has 1 aromatic heterocycles. The summed E-state index contributed by atoms with van der Waals surface area (Å²) in [7, 11) is 0. The smallest absolute Gasteiger partial charge is 0.326 e. The van der Waals surface area contributed by atoms with E-state index in [4.69, 9.17) is 0 Å². The number of amides is 1. The van der Waals surface area contributed by atoms with Crippen LogP contribution in [0.4, 0.5) is 0 Å². The lowest BCUT2D eigenvalue weighted by molar-refractivity contribution is -0.141. The van der Waals surface area contributed by atoms with Crippen molar-refractivity contribution in [3.05, 3.63) is 65.9 Å². The highest BCUT2D eigenvalue weighted by Crippen LogP contribution is 2.20. The summed E-state index contributed by atoms with van der Waals surface area (Å²) in [5.74, 6) is -0.671. The zero-order chi connectivity index (χ0) is 19.2. The molecule has 5 nitrogen and oxygen atoms in total. The largest absolute Gasteiger partial charge is 0.480 e. The summed E-state index contributed by atoms with van der Waals surface area (Å²) in [5, 5.41) is 13.1. The van der Waals surface area contributed by atoms with Crippen LogP contribution in [0.3, 0.4) is 0 Å². The number of carbonyl (C=O) groups excluding carboxylic acids is 1. The van der Waals surface area contributed by atoms with Crippen LogP contribution in [0.2, 0.25) is 0 Å². The summed E-state index contributed by atoms with van der Waals surface area (Å²) in [6.45, 7) is 2.03. The molecular weight excluding hydrogens is 360 g/mol. The molecule has 1 unspecified atom stereocenters. The van der Waals surface area contributed by atoms with Crippen molar-refractivity contribution in [1.29, 1.82) is 0 Å². The van der Waals surface area contributed by atoms with E-state index in [0.717, 1.165) is 21.4 Å². The van der Waals surface area contributed by atoms with Gasteiger partial charge in [-0.15, -0.1) is 11.8 Å². The lowest BCUT2D eigenvalue weighted by atomic mass is 10.0. The van der Waals surface area contributed by atoms with Crippen LogP contribution in [0.25, 0.3) is 10.9 Å². The molecule has 1 atom stereocenters. The molecule has 0 aliphatic carbocycles. The lowest BCUT2D eigenvalue weighted by Gasteiger charge is -2.14. The molecule has 3 aromatic rings. The average molecular weight is 382 g/mol. The highest BCUT2D eigenvalue weighted by atomic mass is 32.2. The van der Waals surface area contributed by atoms with Gasteiger partial charge in [-0.1, -0.05) is 35.9 Å². The molecule has 3 N–H and O–H groups in total. The summed E-state index contributed by atoms with van der Waals surface area (Å²) < 4.78 is 0. The van der Waals surface area contributed by atoms with Crippen molar-refractivity contribution in [2.24, 2.45) is 0 Å². The summed E-state index contributed by atoms with van der Waals surface area (Å²) in [6, 6.07) is 14.9. The van der Waals surface area contributed by atoms with Crippen LogP contribution in [-0.4, -0.2) is 33.8 Å². The van der Waals surface area contributed by atoms with Crippen LogP contribution >= 0.6 is 11.8 Å². The summed E-state index contributed by atoms with van der Waals surface area (Å²) in [5.41, 5.74) is 3.03. The molecule has 0 spiro atoms. The molecule has 27 heavy (non-hydrogen) atoms. The van der Waals surface area contributed by atoms with E-state index < -0.39 is 12.0 Å². The first-order chi connectivity index (χ1) is 13.0. The number of aromatic amines is 1. The molecule has 2 aromatic carbocycles. The number of carboxylic acid groups (broad SMARTS) is 1. The van der Waals surface area contributed by atoms with Crippen LogP contribution in [0.5, 0.6) is 0 Å². The van der Waals surface area contributed by atoms with E-state index in [2.05, 4.69) is 10.3 Å². The van der Waals surface area contributed by atoms with E-state index in [1.807, 2.05) is 55.5 Å². The molecule has 0 aliphatic rings. The number of para-hydroxylation sites is 1. The fourth-order valence-corrected chi connectivity index (χ4v) is 3.73. The predicted molar refractivity (Wildman–Crippen MR) is 108 cm³/mol. The summed E-state index contributed by atoms with van der Waals surface area (Å²) >= 11 is 1.59. The lowest BCUT2D eigenvalue weighted by Crippen LogP contribution is -2.42. The molecule has 1 heterocycles. The third kappa shape index (κ3) is 5.14. The predicted octanol–water partition coefficient (Wildman–Crippen LogP) is 3.77. The number of hydrogen-bond donors (Lipinski definition) is 3. The van der Waals surface area contributed by atoms with Gasteiger partial charge in [0.15, 0.2) is 0 Å². The van der Waals surface area contributed by atoms with Gasteiger partial charge in [0, 0.05) is 40.6 Å². The van der Waals surface area contributed by atoms with Crippen LogP contribution in [0, 0.1) is 6.92 Å². The number of thioether (sulfide) groups is 1. The van der Waals surface area contributed by atoms with Crippen molar-refractivity contribution >= 4 is 34.5 Å². The van der Waals surface area contributed by atoms with Gasteiger partial charge in [-0.25, -0.2) is 4.79 Å². The van der Waals surface area contributed by atoms with Crippen LogP contribution in [-0.2, 0) is 16.0 Å². The number of nitrogens with one attached hydrogen (secondary N) is 2. The molecule has 0 radical (unpaired) electrons. The van der Waals surface area contributed by atoms with Crippen molar-refractivity contribution < 1.29 is 14.7 Å². The van der Waals surface area contributed by atoms with Crippen LogP contribution in [0.1, 0.15) is 17.5 Å². The first-order valence-electron chi connectivity index (χ1n) is 8.79. The van der Waals surface area contributed by atoms with Crippen molar-refractivity contribution in [3.63, 3.8) is 0 Å². The molecule has 0 fully saturated rings. The van der Waals surface area contributed by atoms with Gasteiger partial charge in [0.25, 0.3) is 0 Å². The number of hydrogen-bond acceptors (Lipinski definition) is 3. The maximum absolute atomic E-state index is 12.2. The molecule has 1 amide bonds. The van der Waals surface area contributed by atoms with Gasteiger partial charge >= 0.3 is 5.97 Å². The van der Waals surface area contributed by atoms with E-state index in [-0.39, 0.29) is 18.7 Å². The second-order valence-electron chi connectivity index (χ2n) is 6.43. The number of carboxylic acids is 1. The minimum absolute atomic E-state index is 0.246. The van der Waals surface area contributed by atoms with Crippen molar-refractivity contribution in [3.8, 4) is 0 Å². The third-order valence-electron chi connectivity index (χ3n) is 4.35. The van der Waals surface area contributed by atoms with E-state index >= 15 is 0 Å². The van der Waals surface area contributed by atoms with E-state index in [0.29, 0.717) is 5.75 Å². The SMILES string of the molecule is Cc1ccc(SCCC(=O)NC(Cc2c[nH]c3ccccc23)C(=O)O)cc1. The number of benzene rings is 2. The highest BCUT2D eigenvalue weighted by molar-refractivity contribution is 7.99. The maximum atomic E-state index is 12.2. The fraction of sp³-hybridized carbons (Fsp3) is 0.238. The first-order valence-corrected chi connectivity index (χ1v) is 9.78. The maximum Gasteiger partial charge on any atom is 0.326 e. The summed E-state index contributed by atoms with van der Waals surface area (Å²) in [4.78, 5) is 28.0.